The fourth-order valence-electron chi connectivity index (χ4n) is 1.16. The Kier molecular flexibility index (Phi) is 5.02. The molecule has 0 fully saturated rings. The number of rotatable bonds is 5. The lowest BCUT2D eigenvalue weighted by Crippen LogP contribution is -2.21. The van der Waals surface area contributed by atoms with Gasteiger partial charge in [-0.3, -0.25) is 0 Å². The third-order valence-corrected chi connectivity index (χ3v) is 2.55. The van der Waals surface area contributed by atoms with Gasteiger partial charge in [-0.05, 0) is 18.2 Å². The van der Waals surface area contributed by atoms with Crippen molar-refractivity contribution in [3.63, 3.8) is 0 Å². The lowest BCUT2D eigenvalue weighted by molar-refractivity contribution is 0.211. The van der Waals surface area contributed by atoms with Crippen LogP contribution in [0.15, 0.2) is 18.2 Å². The highest BCUT2D eigenvalue weighted by atomic mass is 35.5. The number of anilines is 2. The van der Waals surface area contributed by atoms with E-state index >= 15 is 0 Å². The second kappa shape index (κ2) is 6.05. The maximum absolute atomic E-state index is 9.30. The van der Waals surface area contributed by atoms with Crippen molar-refractivity contribution in [3.05, 3.63) is 23.2 Å². The van der Waals surface area contributed by atoms with Gasteiger partial charge in [-0.1, -0.05) is 11.6 Å². The van der Waals surface area contributed by atoms with Crippen molar-refractivity contribution in [2.24, 2.45) is 0 Å². The summed E-state index contributed by atoms with van der Waals surface area (Å²) in [6.45, 7) is 0.416. The zero-order valence-corrected chi connectivity index (χ0v) is 9.94. The van der Waals surface area contributed by atoms with Crippen LogP contribution in [0.3, 0.4) is 0 Å². The van der Waals surface area contributed by atoms with E-state index in [0.717, 1.165) is 11.4 Å². The summed E-state index contributed by atoms with van der Waals surface area (Å²) in [7, 11) is 1.81. The lowest BCUT2D eigenvalue weighted by Gasteiger charge is -2.14. The van der Waals surface area contributed by atoms with Crippen LogP contribution in [-0.4, -0.2) is 30.7 Å². The van der Waals surface area contributed by atoms with Crippen LogP contribution in [0, 0.1) is 0 Å². The van der Waals surface area contributed by atoms with Crippen LogP contribution in [0.4, 0.5) is 11.4 Å². The highest BCUT2D eigenvalue weighted by Gasteiger charge is 2.04. The van der Waals surface area contributed by atoms with Gasteiger partial charge in [0.15, 0.2) is 0 Å². The van der Waals surface area contributed by atoms with Crippen LogP contribution < -0.4 is 10.6 Å². The highest BCUT2D eigenvalue weighted by Crippen LogP contribution is 2.25. The van der Waals surface area contributed by atoms with Gasteiger partial charge in [0.1, 0.15) is 0 Å². The van der Waals surface area contributed by atoms with Crippen molar-refractivity contribution < 1.29 is 5.11 Å². The zero-order valence-electron chi connectivity index (χ0n) is 8.43. The fourth-order valence-corrected chi connectivity index (χ4v) is 1.44. The molecule has 1 unspecified atom stereocenters. The van der Waals surface area contributed by atoms with E-state index in [4.69, 9.17) is 23.2 Å². The molecule has 0 aliphatic heterocycles. The van der Waals surface area contributed by atoms with Crippen LogP contribution in [0.2, 0.25) is 5.02 Å². The molecule has 1 aromatic rings. The minimum Gasteiger partial charge on any atom is -0.390 e. The van der Waals surface area contributed by atoms with Gasteiger partial charge < -0.3 is 15.7 Å². The smallest absolute Gasteiger partial charge is 0.0847 e. The summed E-state index contributed by atoms with van der Waals surface area (Å²) >= 11 is 11.3. The Bertz CT molecular complexity index is 320. The van der Waals surface area contributed by atoms with Crippen LogP contribution >= 0.6 is 23.2 Å². The quantitative estimate of drug-likeness (QED) is 0.702. The monoisotopic (exact) mass is 248 g/mol. The summed E-state index contributed by atoms with van der Waals surface area (Å²) in [5.41, 5.74) is 1.79. The number of halogens is 2. The molecule has 1 rings (SSSR count). The highest BCUT2D eigenvalue weighted by molar-refractivity contribution is 6.31. The van der Waals surface area contributed by atoms with Crippen LogP contribution in [0.25, 0.3) is 0 Å². The van der Waals surface area contributed by atoms with E-state index in [1.807, 2.05) is 19.2 Å². The van der Waals surface area contributed by atoms with Crippen molar-refractivity contribution in [1.82, 2.24) is 0 Å². The second-order valence-corrected chi connectivity index (χ2v) is 3.87. The molecule has 3 N–H and O–H groups in total. The van der Waals surface area contributed by atoms with Crippen LogP contribution in [0.1, 0.15) is 0 Å². The molecule has 0 bridgehead atoms. The van der Waals surface area contributed by atoms with Crippen molar-refractivity contribution in [2.75, 3.05) is 30.1 Å². The Morgan fingerprint density at radius 2 is 2.13 bits per heavy atom. The van der Waals surface area contributed by atoms with Gasteiger partial charge in [-0.2, -0.15) is 0 Å². The van der Waals surface area contributed by atoms with E-state index in [0.29, 0.717) is 11.6 Å². The normalized spacial score (nSPS) is 12.3. The molecule has 0 aliphatic carbocycles. The molecule has 0 radical (unpaired) electrons. The number of alkyl halides is 1. The first-order valence-electron chi connectivity index (χ1n) is 4.62. The minimum absolute atomic E-state index is 0.218. The van der Waals surface area contributed by atoms with Crippen molar-refractivity contribution in [1.29, 1.82) is 0 Å². The molecule has 0 aromatic heterocycles. The van der Waals surface area contributed by atoms with Crippen molar-refractivity contribution in [2.45, 2.75) is 6.10 Å². The van der Waals surface area contributed by atoms with E-state index in [2.05, 4.69) is 10.6 Å². The van der Waals surface area contributed by atoms with E-state index in [-0.39, 0.29) is 5.88 Å². The Morgan fingerprint density at radius 1 is 1.40 bits per heavy atom. The first-order valence-corrected chi connectivity index (χ1v) is 5.54. The molecular weight excluding hydrogens is 235 g/mol. The second-order valence-electron chi connectivity index (χ2n) is 3.13. The number of aliphatic hydroxyl groups is 1. The molecule has 1 atom stereocenters. The summed E-state index contributed by atoms with van der Waals surface area (Å²) < 4.78 is 0. The Balaban J connectivity index is 2.67. The molecular formula is C10H14Cl2N2O. The average molecular weight is 249 g/mol. The third-order valence-electron chi connectivity index (χ3n) is 1.96. The number of aliphatic hydroxyl groups excluding tert-OH is 1. The summed E-state index contributed by atoms with van der Waals surface area (Å²) in [6.07, 6.45) is -0.549. The number of hydrogen-bond donors (Lipinski definition) is 3. The molecule has 0 saturated carbocycles. The molecule has 1 aromatic carbocycles. The van der Waals surface area contributed by atoms with Crippen LogP contribution in [-0.2, 0) is 0 Å². The SMILES string of the molecule is CNc1cc(Cl)ccc1NCC(O)CCl. The minimum atomic E-state index is -0.549. The summed E-state index contributed by atoms with van der Waals surface area (Å²) in [5, 5.41) is 16.1. The molecule has 3 nitrogen and oxygen atoms in total. The van der Waals surface area contributed by atoms with Gasteiger partial charge in [-0.15, -0.1) is 11.6 Å². The topological polar surface area (TPSA) is 44.3 Å². The lowest BCUT2D eigenvalue weighted by atomic mass is 10.2. The maximum Gasteiger partial charge on any atom is 0.0847 e. The number of hydrogen-bond acceptors (Lipinski definition) is 3. The average Bonchev–Trinajstić information content (AvgIpc) is 2.26. The maximum atomic E-state index is 9.30. The van der Waals surface area contributed by atoms with Gasteiger partial charge >= 0.3 is 0 Å². The van der Waals surface area contributed by atoms with E-state index in [1.165, 1.54) is 0 Å². The first kappa shape index (κ1) is 12.4. The molecule has 84 valence electrons. The van der Waals surface area contributed by atoms with Crippen molar-refractivity contribution in [3.8, 4) is 0 Å². The molecule has 0 amide bonds. The predicted molar refractivity (Wildman–Crippen MR) is 66.2 cm³/mol. The molecule has 5 heteroatoms. The van der Waals surface area contributed by atoms with Gasteiger partial charge in [0, 0.05) is 18.6 Å². The third kappa shape index (κ3) is 3.78. The predicted octanol–water partition coefficient (Wildman–Crippen LogP) is 2.39. The Hall–Kier alpha value is -0.640. The van der Waals surface area contributed by atoms with E-state index in [1.54, 1.807) is 6.07 Å². The standard InChI is InChI=1S/C10H14Cl2N2O/c1-13-10-4-7(12)2-3-9(10)14-6-8(15)5-11/h2-4,8,13-15H,5-6H2,1H3. The van der Waals surface area contributed by atoms with Gasteiger partial charge in [-0.25, -0.2) is 0 Å². The Labute approximate surface area is 99.4 Å². The Morgan fingerprint density at radius 3 is 2.73 bits per heavy atom. The molecule has 0 saturated heterocycles. The number of nitrogens with one attached hydrogen (secondary N) is 2. The summed E-state index contributed by atoms with van der Waals surface area (Å²) in [4.78, 5) is 0. The van der Waals surface area contributed by atoms with Crippen LogP contribution in [0.5, 0.6) is 0 Å². The molecule has 15 heavy (non-hydrogen) atoms. The van der Waals surface area contributed by atoms with E-state index in [9.17, 15) is 5.11 Å². The van der Waals surface area contributed by atoms with E-state index < -0.39 is 6.10 Å². The molecule has 0 aliphatic rings. The first-order chi connectivity index (χ1) is 7.17. The van der Waals surface area contributed by atoms with Crippen molar-refractivity contribution >= 4 is 34.6 Å². The van der Waals surface area contributed by atoms with Gasteiger partial charge in [0.2, 0.25) is 0 Å². The summed E-state index contributed by atoms with van der Waals surface area (Å²) in [6, 6.07) is 5.46. The molecule has 0 heterocycles. The molecule has 0 spiro atoms. The summed E-state index contributed by atoms with van der Waals surface area (Å²) in [5.74, 6) is 0.218. The fraction of sp³-hybridized carbons (Fsp3) is 0.400. The largest absolute Gasteiger partial charge is 0.390 e. The van der Waals surface area contributed by atoms with Gasteiger partial charge in [0.05, 0.1) is 23.4 Å². The van der Waals surface area contributed by atoms with Gasteiger partial charge in [0.25, 0.3) is 0 Å². The zero-order chi connectivity index (χ0) is 11.3. The number of benzene rings is 1.